The maximum absolute atomic E-state index is 12.9. The predicted molar refractivity (Wildman–Crippen MR) is 99.1 cm³/mol. The second-order valence-electron chi connectivity index (χ2n) is 6.44. The van der Waals surface area contributed by atoms with Crippen LogP contribution in [0.5, 0.6) is 0 Å². The van der Waals surface area contributed by atoms with Gasteiger partial charge in [0.2, 0.25) is 11.8 Å². The average Bonchev–Trinajstić information content (AvgIpc) is 2.61. The Morgan fingerprint density at radius 3 is 1.83 bits per heavy atom. The zero-order valence-corrected chi connectivity index (χ0v) is 16.7. The van der Waals surface area contributed by atoms with Crippen molar-refractivity contribution < 1.29 is 35.9 Å². The van der Waals surface area contributed by atoms with Gasteiger partial charge in [0.05, 0.1) is 17.5 Å². The standard InChI is InChI=1S/C19H15BrF6N2O2/c20-14-3-1-10(2-4-14)7-15(17(27)30)28-16(29)8-11-5-12(18(21,22)23)9-13(6-11)19(24,25)26/h1-6,9,15H,7-8H2,(H2,27,30)(H,28,29)/t15-/m0/s1. The van der Waals surface area contributed by atoms with Gasteiger partial charge in [-0.15, -0.1) is 0 Å². The number of nitrogens with two attached hydrogens (primary N) is 1. The Hall–Kier alpha value is -2.56. The molecule has 0 fully saturated rings. The Kier molecular flexibility index (Phi) is 7.17. The topological polar surface area (TPSA) is 72.2 Å². The Labute approximate surface area is 175 Å². The third-order valence-electron chi connectivity index (χ3n) is 4.04. The van der Waals surface area contributed by atoms with Gasteiger partial charge in [0.1, 0.15) is 6.04 Å². The van der Waals surface area contributed by atoms with Crippen LogP contribution in [0.25, 0.3) is 0 Å². The van der Waals surface area contributed by atoms with E-state index in [0.717, 1.165) is 4.47 Å². The maximum Gasteiger partial charge on any atom is 0.416 e. The Balaban J connectivity index is 2.20. The number of nitrogens with one attached hydrogen (secondary N) is 1. The van der Waals surface area contributed by atoms with Gasteiger partial charge in [0.25, 0.3) is 0 Å². The lowest BCUT2D eigenvalue weighted by Crippen LogP contribution is -2.46. The van der Waals surface area contributed by atoms with Gasteiger partial charge < -0.3 is 11.1 Å². The van der Waals surface area contributed by atoms with Gasteiger partial charge in [-0.2, -0.15) is 26.3 Å². The summed E-state index contributed by atoms with van der Waals surface area (Å²) in [6, 6.07) is 6.41. The molecule has 0 spiro atoms. The minimum absolute atomic E-state index is 0.00471. The summed E-state index contributed by atoms with van der Waals surface area (Å²) in [5.74, 6) is -1.84. The summed E-state index contributed by atoms with van der Waals surface area (Å²) in [4.78, 5) is 23.8. The van der Waals surface area contributed by atoms with Crippen molar-refractivity contribution in [3.8, 4) is 0 Å². The fourth-order valence-electron chi connectivity index (χ4n) is 2.63. The molecule has 0 bridgehead atoms. The first-order chi connectivity index (χ1) is 13.8. The van der Waals surface area contributed by atoms with Crippen LogP contribution in [-0.2, 0) is 34.8 Å². The second-order valence-corrected chi connectivity index (χ2v) is 7.36. The number of hydrogen-bond donors (Lipinski definition) is 2. The number of benzene rings is 2. The molecule has 4 nitrogen and oxygen atoms in total. The Morgan fingerprint density at radius 1 is 0.900 bits per heavy atom. The quantitative estimate of drug-likeness (QED) is 0.587. The highest BCUT2D eigenvalue weighted by atomic mass is 79.9. The minimum atomic E-state index is -5.02. The first-order valence-electron chi connectivity index (χ1n) is 8.37. The summed E-state index contributed by atoms with van der Waals surface area (Å²) in [6.07, 6.45) is -10.8. The molecule has 2 aromatic rings. The molecule has 1 atom stereocenters. The van der Waals surface area contributed by atoms with E-state index < -0.39 is 53.3 Å². The molecule has 2 amide bonds. The molecule has 3 N–H and O–H groups in total. The van der Waals surface area contributed by atoms with E-state index in [0.29, 0.717) is 17.7 Å². The number of hydrogen-bond acceptors (Lipinski definition) is 2. The molecule has 0 saturated heterocycles. The second kappa shape index (κ2) is 9.07. The first kappa shape index (κ1) is 23.7. The molecule has 0 saturated carbocycles. The summed E-state index contributed by atoms with van der Waals surface area (Å²) in [6.45, 7) is 0. The van der Waals surface area contributed by atoms with Gasteiger partial charge in [-0.25, -0.2) is 0 Å². The molecular formula is C19H15BrF6N2O2. The van der Waals surface area contributed by atoms with Crippen molar-refractivity contribution in [1.82, 2.24) is 5.32 Å². The normalized spacial score (nSPS) is 13.0. The molecule has 0 heterocycles. The van der Waals surface area contributed by atoms with Crippen LogP contribution in [0.3, 0.4) is 0 Å². The van der Waals surface area contributed by atoms with Gasteiger partial charge in [0.15, 0.2) is 0 Å². The Bertz CT molecular complexity index is 894. The monoisotopic (exact) mass is 496 g/mol. The van der Waals surface area contributed by atoms with Crippen LogP contribution in [0.4, 0.5) is 26.3 Å². The minimum Gasteiger partial charge on any atom is -0.368 e. The fourth-order valence-corrected chi connectivity index (χ4v) is 2.90. The van der Waals surface area contributed by atoms with Crippen LogP contribution in [0.2, 0.25) is 0 Å². The van der Waals surface area contributed by atoms with Crippen LogP contribution in [0.15, 0.2) is 46.9 Å². The average molecular weight is 497 g/mol. The fraction of sp³-hybridized carbons (Fsp3) is 0.263. The van der Waals surface area contributed by atoms with Crippen LogP contribution >= 0.6 is 15.9 Å². The van der Waals surface area contributed by atoms with Crippen LogP contribution < -0.4 is 11.1 Å². The lowest BCUT2D eigenvalue weighted by molar-refractivity contribution is -0.143. The highest BCUT2D eigenvalue weighted by Gasteiger charge is 2.37. The SMILES string of the molecule is NC(=O)[C@H](Cc1ccc(Br)cc1)NC(=O)Cc1cc(C(F)(F)F)cc(C(F)(F)F)c1. The molecule has 0 aromatic heterocycles. The largest absolute Gasteiger partial charge is 0.416 e. The molecule has 162 valence electrons. The third-order valence-corrected chi connectivity index (χ3v) is 4.57. The molecule has 0 aliphatic rings. The van der Waals surface area contributed by atoms with Gasteiger partial charge in [-0.1, -0.05) is 28.1 Å². The van der Waals surface area contributed by atoms with Gasteiger partial charge >= 0.3 is 12.4 Å². The summed E-state index contributed by atoms with van der Waals surface area (Å²) >= 11 is 3.24. The van der Waals surface area contributed by atoms with Crippen molar-refractivity contribution in [2.75, 3.05) is 0 Å². The summed E-state index contributed by atoms with van der Waals surface area (Å²) < 4.78 is 78.3. The third kappa shape index (κ3) is 6.75. The van der Waals surface area contributed by atoms with E-state index in [1.54, 1.807) is 24.3 Å². The molecule has 2 aromatic carbocycles. The van der Waals surface area contributed by atoms with Gasteiger partial charge in [0, 0.05) is 10.9 Å². The predicted octanol–water partition coefficient (Wildman–Crippen LogP) is 4.24. The molecule has 0 aliphatic heterocycles. The summed E-state index contributed by atoms with van der Waals surface area (Å²) in [7, 11) is 0. The number of primary amides is 1. The van der Waals surface area contributed by atoms with E-state index in [1.165, 1.54) is 0 Å². The van der Waals surface area contributed by atoms with Crippen LogP contribution in [0.1, 0.15) is 22.3 Å². The number of carbonyl (C=O) groups is 2. The molecule has 2 rings (SSSR count). The van der Waals surface area contributed by atoms with Gasteiger partial charge in [-0.05, 0) is 41.5 Å². The number of amides is 2. The zero-order chi connectivity index (χ0) is 22.7. The maximum atomic E-state index is 12.9. The molecular weight excluding hydrogens is 482 g/mol. The van der Waals surface area contributed by atoms with Crippen molar-refractivity contribution in [3.05, 3.63) is 69.2 Å². The van der Waals surface area contributed by atoms with Gasteiger partial charge in [-0.3, -0.25) is 9.59 Å². The number of halogens is 7. The first-order valence-corrected chi connectivity index (χ1v) is 9.16. The zero-order valence-electron chi connectivity index (χ0n) is 15.1. The number of alkyl halides is 6. The van der Waals surface area contributed by atoms with E-state index in [-0.39, 0.29) is 12.5 Å². The van der Waals surface area contributed by atoms with Crippen LogP contribution in [-0.4, -0.2) is 17.9 Å². The van der Waals surface area contributed by atoms with E-state index in [9.17, 15) is 35.9 Å². The lowest BCUT2D eigenvalue weighted by Gasteiger charge is -2.17. The van der Waals surface area contributed by atoms with Crippen molar-refractivity contribution in [2.24, 2.45) is 5.73 Å². The van der Waals surface area contributed by atoms with Crippen molar-refractivity contribution >= 4 is 27.7 Å². The molecule has 30 heavy (non-hydrogen) atoms. The molecule has 0 radical (unpaired) electrons. The van der Waals surface area contributed by atoms with Crippen molar-refractivity contribution in [3.63, 3.8) is 0 Å². The van der Waals surface area contributed by atoms with E-state index in [4.69, 9.17) is 5.73 Å². The smallest absolute Gasteiger partial charge is 0.368 e. The lowest BCUT2D eigenvalue weighted by atomic mass is 10.0. The summed E-state index contributed by atoms with van der Waals surface area (Å²) in [5, 5.41) is 2.26. The summed E-state index contributed by atoms with van der Waals surface area (Å²) in [5.41, 5.74) is 2.35. The molecule has 11 heteroatoms. The van der Waals surface area contributed by atoms with Crippen molar-refractivity contribution in [2.45, 2.75) is 31.2 Å². The van der Waals surface area contributed by atoms with Crippen molar-refractivity contribution in [1.29, 1.82) is 0 Å². The highest BCUT2D eigenvalue weighted by molar-refractivity contribution is 9.10. The van der Waals surface area contributed by atoms with E-state index in [2.05, 4.69) is 21.2 Å². The van der Waals surface area contributed by atoms with E-state index in [1.807, 2.05) is 0 Å². The molecule has 0 aliphatic carbocycles. The Morgan fingerprint density at radius 2 is 1.40 bits per heavy atom. The molecule has 0 unspecified atom stereocenters. The van der Waals surface area contributed by atoms with Crippen LogP contribution in [0, 0.1) is 0 Å². The number of rotatable bonds is 6. The highest BCUT2D eigenvalue weighted by Crippen LogP contribution is 2.36. The number of carbonyl (C=O) groups excluding carboxylic acids is 2. The van der Waals surface area contributed by atoms with E-state index >= 15 is 0 Å².